The van der Waals surface area contributed by atoms with E-state index in [1.165, 1.54) is 0 Å². The summed E-state index contributed by atoms with van der Waals surface area (Å²) in [6, 6.07) is 7.34. The van der Waals surface area contributed by atoms with E-state index in [9.17, 15) is 0 Å². The summed E-state index contributed by atoms with van der Waals surface area (Å²) in [6.45, 7) is 3.40. The Balaban J connectivity index is 2.00. The lowest BCUT2D eigenvalue weighted by atomic mass is 10.2. The van der Waals surface area contributed by atoms with Crippen LogP contribution in [0.2, 0.25) is 5.02 Å². The minimum atomic E-state index is 0.560. The molecule has 22 heavy (non-hydrogen) atoms. The van der Waals surface area contributed by atoms with Gasteiger partial charge in [-0.1, -0.05) is 16.8 Å². The van der Waals surface area contributed by atoms with Crippen LogP contribution in [0.25, 0.3) is 11.4 Å². The van der Waals surface area contributed by atoms with Crippen molar-refractivity contribution in [2.45, 2.75) is 6.54 Å². The van der Waals surface area contributed by atoms with Crippen molar-refractivity contribution in [2.24, 2.45) is 0 Å². The van der Waals surface area contributed by atoms with E-state index < -0.39 is 0 Å². The van der Waals surface area contributed by atoms with Crippen LogP contribution in [0, 0.1) is 0 Å². The van der Waals surface area contributed by atoms with Gasteiger partial charge in [-0.3, -0.25) is 4.90 Å². The van der Waals surface area contributed by atoms with E-state index in [0.29, 0.717) is 36.5 Å². The zero-order chi connectivity index (χ0) is 15.8. The maximum Gasteiger partial charge on any atom is 0.241 e. The SMILES string of the molecule is COCCN(CCOC)Cc1nc(-c2ccc(Cl)cc2)no1. The topological polar surface area (TPSA) is 60.6 Å². The van der Waals surface area contributed by atoms with Crippen molar-refractivity contribution in [2.75, 3.05) is 40.5 Å². The lowest BCUT2D eigenvalue weighted by molar-refractivity contribution is 0.103. The van der Waals surface area contributed by atoms with Gasteiger partial charge in [0.2, 0.25) is 11.7 Å². The Kier molecular flexibility index (Phi) is 6.79. The lowest BCUT2D eigenvalue weighted by Gasteiger charge is -2.19. The molecule has 0 N–H and O–H groups in total. The second-order valence-electron chi connectivity index (χ2n) is 4.78. The molecule has 2 rings (SSSR count). The van der Waals surface area contributed by atoms with Gasteiger partial charge in [0.25, 0.3) is 0 Å². The van der Waals surface area contributed by atoms with Crippen LogP contribution in [0.15, 0.2) is 28.8 Å². The number of methoxy groups -OCH3 is 2. The fraction of sp³-hybridized carbons (Fsp3) is 0.467. The molecule has 1 aromatic heterocycles. The van der Waals surface area contributed by atoms with Crippen LogP contribution >= 0.6 is 11.6 Å². The molecule has 0 unspecified atom stereocenters. The molecule has 6 nitrogen and oxygen atoms in total. The predicted octanol–water partition coefficient (Wildman–Crippen LogP) is 2.48. The Labute approximate surface area is 135 Å². The highest BCUT2D eigenvalue weighted by molar-refractivity contribution is 6.30. The first-order chi connectivity index (χ1) is 10.7. The van der Waals surface area contributed by atoms with Crippen molar-refractivity contribution in [1.29, 1.82) is 0 Å². The summed E-state index contributed by atoms with van der Waals surface area (Å²) in [5.41, 5.74) is 0.875. The Hall–Kier alpha value is -1.47. The maximum atomic E-state index is 5.88. The van der Waals surface area contributed by atoms with Gasteiger partial charge in [0.05, 0.1) is 19.8 Å². The first-order valence-corrected chi connectivity index (χ1v) is 7.39. The normalized spacial score (nSPS) is 11.3. The molecule has 0 bridgehead atoms. The molecular weight excluding hydrogens is 306 g/mol. The standard InChI is InChI=1S/C15H20ClN3O3/c1-20-9-7-19(8-10-21-2)11-14-17-15(18-22-14)12-3-5-13(16)6-4-12/h3-6H,7-11H2,1-2H3. The molecule has 0 saturated carbocycles. The van der Waals surface area contributed by atoms with Gasteiger partial charge in [-0.15, -0.1) is 0 Å². The Bertz CT molecular complexity index is 551. The summed E-state index contributed by atoms with van der Waals surface area (Å²) in [4.78, 5) is 6.57. The summed E-state index contributed by atoms with van der Waals surface area (Å²) in [5, 5.41) is 4.69. The van der Waals surface area contributed by atoms with E-state index in [1.54, 1.807) is 26.4 Å². The summed E-state index contributed by atoms with van der Waals surface area (Å²) in [7, 11) is 3.36. The Morgan fingerprint density at radius 2 is 1.73 bits per heavy atom. The maximum absolute atomic E-state index is 5.88. The number of aromatic nitrogens is 2. The second kappa shape index (κ2) is 8.85. The van der Waals surface area contributed by atoms with Gasteiger partial charge in [0, 0.05) is 37.9 Å². The molecule has 0 spiro atoms. The minimum absolute atomic E-state index is 0.560. The molecule has 0 saturated heterocycles. The molecule has 0 aliphatic heterocycles. The second-order valence-corrected chi connectivity index (χ2v) is 5.22. The highest BCUT2D eigenvalue weighted by Gasteiger charge is 2.13. The van der Waals surface area contributed by atoms with Crippen LogP contribution in [-0.4, -0.2) is 55.6 Å². The smallest absolute Gasteiger partial charge is 0.241 e. The molecule has 0 aliphatic rings. The monoisotopic (exact) mass is 325 g/mol. The summed E-state index contributed by atoms with van der Waals surface area (Å²) < 4.78 is 15.6. The average molecular weight is 326 g/mol. The first-order valence-electron chi connectivity index (χ1n) is 7.01. The minimum Gasteiger partial charge on any atom is -0.383 e. The molecule has 2 aromatic rings. The average Bonchev–Trinajstić information content (AvgIpc) is 2.99. The molecule has 1 heterocycles. The van der Waals surface area contributed by atoms with E-state index in [-0.39, 0.29) is 0 Å². The number of halogens is 1. The van der Waals surface area contributed by atoms with Gasteiger partial charge in [0.1, 0.15) is 0 Å². The first kappa shape index (κ1) is 16.9. The molecule has 7 heteroatoms. The number of hydrogen-bond acceptors (Lipinski definition) is 6. The van der Waals surface area contributed by atoms with Crippen molar-refractivity contribution >= 4 is 11.6 Å². The third kappa shape index (κ3) is 5.06. The Morgan fingerprint density at radius 1 is 1.09 bits per heavy atom. The highest BCUT2D eigenvalue weighted by atomic mass is 35.5. The number of hydrogen-bond donors (Lipinski definition) is 0. The fourth-order valence-corrected chi connectivity index (χ4v) is 2.06. The fourth-order valence-electron chi connectivity index (χ4n) is 1.94. The third-order valence-corrected chi connectivity index (χ3v) is 3.40. The largest absolute Gasteiger partial charge is 0.383 e. The van der Waals surface area contributed by atoms with Crippen LogP contribution in [-0.2, 0) is 16.0 Å². The molecule has 120 valence electrons. The third-order valence-electron chi connectivity index (χ3n) is 3.15. The van der Waals surface area contributed by atoms with Crippen LogP contribution in [0.1, 0.15) is 5.89 Å². The van der Waals surface area contributed by atoms with Crippen molar-refractivity contribution < 1.29 is 14.0 Å². The zero-order valence-electron chi connectivity index (χ0n) is 12.8. The van der Waals surface area contributed by atoms with Crippen molar-refractivity contribution in [1.82, 2.24) is 15.0 Å². The highest BCUT2D eigenvalue weighted by Crippen LogP contribution is 2.19. The summed E-state index contributed by atoms with van der Waals surface area (Å²) >= 11 is 5.88. The van der Waals surface area contributed by atoms with Crippen molar-refractivity contribution in [3.05, 3.63) is 35.2 Å². The number of benzene rings is 1. The Morgan fingerprint density at radius 3 is 2.32 bits per heavy atom. The van der Waals surface area contributed by atoms with Crippen LogP contribution in [0.4, 0.5) is 0 Å². The van der Waals surface area contributed by atoms with Crippen LogP contribution < -0.4 is 0 Å². The van der Waals surface area contributed by atoms with E-state index in [2.05, 4.69) is 15.0 Å². The van der Waals surface area contributed by atoms with Crippen molar-refractivity contribution in [3.63, 3.8) is 0 Å². The van der Waals surface area contributed by atoms with Crippen LogP contribution in [0.5, 0.6) is 0 Å². The molecular formula is C15H20ClN3O3. The van der Waals surface area contributed by atoms with Gasteiger partial charge in [0.15, 0.2) is 0 Å². The number of rotatable bonds is 9. The zero-order valence-corrected chi connectivity index (χ0v) is 13.5. The summed E-state index contributed by atoms with van der Waals surface area (Å²) in [6.07, 6.45) is 0. The molecule has 1 aromatic carbocycles. The van der Waals surface area contributed by atoms with E-state index in [0.717, 1.165) is 18.7 Å². The number of ether oxygens (including phenoxy) is 2. The number of nitrogens with zero attached hydrogens (tertiary/aromatic N) is 3. The van der Waals surface area contributed by atoms with Gasteiger partial charge in [-0.05, 0) is 24.3 Å². The van der Waals surface area contributed by atoms with Gasteiger partial charge in [-0.25, -0.2) is 0 Å². The van der Waals surface area contributed by atoms with Gasteiger partial charge in [-0.2, -0.15) is 4.98 Å². The van der Waals surface area contributed by atoms with E-state index >= 15 is 0 Å². The van der Waals surface area contributed by atoms with E-state index in [1.807, 2.05) is 12.1 Å². The molecule has 0 fully saturated rings. The summed E-state index contributed by atoms with van der Waals surface area (Å²) in [5.74, 6) is 1.13. The van der Waals surface area contributed by atoms with Gasteiger partial charge < -0.3 is 14.0 Å². The predicted molar refractivity (Wildman–Crippen MR) is 83.8 cm³/mol. The molecule has 0 atom stereocenters. The van der Waals surface area contributed by atoms with Crippen LogP contribution in [0.3, 0.4) is 0 Å². The lowest BCUT2D eigenvalue weighted by Crippen LogP contribution is -2.30. The molecule has 0 radical (unpaired) electrons. The quantitative estimate of drug-likeness (QED) is 0.706. The molecule has 0 aliphatic carbocycles. The van der Waals surface area contributed by atoms with Gasteiger partial charge >= 0.3 is 0 Å². The van der Waals surface area contributed by atoms with Crippen molar-refractivity contribution in [3.8, 4) is 11.4 Å². The van der Waals surface area contributed by atoms with E-state index in [4.69, 9.17) is 25.6 Å². The molecule has 0 amide bonds.